The first kappa shape index (κ1) is 14.9. The normalized spacial score (nSPS) is 12.2. The molecule has 2 nitrogen and oxygen atoms in total. The minimum absolute atomic E-state index is 0.544. The van der Waals surface area contributed by atoms with E-state index in [2.05, 4.69) is 19.9 Å². The van der Waals surface area contributed by atoms with Crippen molar-refractivity contribution in [3.05, 3.63) is 23.8 Å². The molecule has 0 aliphatic rings. The Labute approximate surface area is 111 Å². The first-order valence-electron chi connectivity index (χ1n) is 6.94. The Morgan fingerprint density at radius 3 is 2.44 bits per heavy atom. The second-order valence-corrected chi connectivity index (χ2v) is 4.86. The van der Waals surface area contributed by atoms with Crippen LogP contribution in [0, 0.1) is 0 Å². The van der Waals surface area contributed by atoms with Gasteiger partial charge < -0.3 is 9.47 Å². The molecule has 1 rings (SSSR count). The van der Waals surface area contributed by atoms with E-state index in [0.29, 0.717) is 5.92 Å². The highest BCUT2D eigenvalue weighted by molar-refractivity contribution is 5.42. The van der Waals surface area contributed by atoms with Crippen molar-refractivity contribution in [1.29, 1.82) is 0 Å². The number of methoxy groups -OCH3 is 2. The molecular formula is C16H26O2. The van der Waals surface area contributed by atoms with Gasteiger partial charge in [0.05, 0.1) is 14.2 Å². The molecule has 0 aromatic heterocycles. The molecule has 1 unspecified atom stereocenters. The summed E-state index contributed by atoms with van der Waals surface area (Å²) in [6.45, 7) is 4.52. The molecule has 0 N–H and O–H groups in total. The molecule has 2 heteroatoms. The van der Waals surface area contributed by atoms with Crippen LogP contribution in [0.3, 0.4) is 0 Å². The van der Waals surface area contributed by atoms with Crippen LogP contribution in [0.25, 0.3) is 0 Å². The highest BCUT2D eigenvalue weighted by Crippen LogP contribution is 2.33. The minimum atomic E-state index is 0.544. The van der Waals surface area contributed by atoms with Gasteiger partial charge in [0.2, 0.25) is 0 Å². The van der Waals surface area contributed by atoms with E-state index in [1.165, 1.54) is 37.7 Å². The van der Waals surface area contributed by atoms with Crippen molar-refractivity contribution in [1.82, 2.24) is 0 Å². The molecular weight excluding hydrogens is 224 g/mol. The molecule has 1 aromatic carbocycles. The Morgan fingerprint density at radius 2 is 1.83 bits per heavy atom. The summed E-state index contributed by atoms with van der Waals surface area (Å²) in [5.74, 6) is 2.34. The average molecular weight is 250 g/mol. The lowest BCUT2D eigenvalue weighted by molar-refractivity contribution is 0.387. The highest BCUT2D eigenvalue weighted by Gasteiger charge is 2.12. The molecule has 0 saturated heterocycles. The van der Waals surface area contributed by atoms with Gasteiger partial charge in [-0.1, -0.05) is 45.6 Å². The molecule has 0 heterocycles. The maximum Gasteiger partial charge on any atom is 0.126 e. The SMILES string of the molecule is CCCCCCC(C)c1ccc(OC)cc1OC. The van der Waals surface area contributed by atoms with Crippen molar-refractivity contribution in [2.75, 3.05) is 14.2 Å². The van der Waals surface area contributed by atoms with E-state index in [9.17, 15) is 0 Å². The smallest absolute Gasteiger partial charge is 0.126 e. The highest BCUT2D eigenvalue weighted by atomic mass is 16.5. The van der Waals surface area contributed by atoms with E-state index in [4.69, 9.17) is 9.47 Å². The number of unbranched alkanes of at least 4 members (excludes halogenated alkanes) is 3. The zero-order valence-corrected chi connectivity index (χ0v) is 12.2. The molecule has 0 radical (unpaired) electrons. The Balaban J connectivity index is 2.63. The lowest BCUT2D eigenvalue weighted by Gasteiger charge is -2.16. The van der Waals surface area contributed by atoms with Crippen LogP contribution in [0.4, 0.5) is 0 Å². The summed E-state index contributed by atoms with van der Waals surface area (Å²) in [5.41, 5.74) is 1.29. The van der Waals surface area contributed by atoms with Crippen molar-refractivity contribution in [2.24, 2.45) is 0 Å². The Bertz CT molecular complexity index is 347. The molecule has 18 heavy (non-hydrogen) atoms. The van der Waals surface area contributed by atoms with Crippen LogP contribution in [-0.2, 0) is 0 Å². The first-order chi connectivity index (χ1) is 8.72. The maximum atomic E-state index is 5.46. The molecule has 0 saturated carbocycles. The van der Waals surface area contributed by atoms with Gasteiger partial charge in [-0.3, -0.25) is 0 Å². The monoisotopic (exact) mass is 250 g/mol. The van der Waals surface area contributed by atoms with E-state index in [1.807, 2.05) is 12.1 Å². The zero-order valence-electron chi connectivity index (χ0n) is 12.2. The Morgan fingerprint density at radius 1 is 1.06 bits per heavy atom. The van der Waals surface area contributed by atoms with Crippen LogP contribution in [0.2, 0.25) is 0 Å². The molecule has 1 atom stereocenters. The summed E-state index contributed by atoms with van der Waals surface area (Å²) in [6, 6.07) is 6.11. The number of ether oxygens (including phenoxy) is 2. The standard InChI is InChI=1S/C16H26O2/c1-5-6-7-8-9-13(2)15-11-10-14(17-3)12-16(15)18-4/h10-13H,5-9H2,1-4H3. The van der Waals surface area contributed by atoms with Crippen molar-refractivity contribution in [3.63, 3.8) is 0 Å². The van der Waals surface area contributed by atoms with E-state index in [1.54, 1.807) is 14.2 Å². The quantitative estimate of drug-likeness (QED) is 0.618. The fourth-order valence-electron chi connectivity index (χ4n) is 2.26. The summed E-state index contributed by atoms with van der Waals surface area (Å²) < 4.78 is 10.7. The molecule has 0 spiro atoms. The molecule has 0 aliphatic carbocycles. The predicted molar refractivity (Wildman–Crippen MR) is 76.7 cm³/mol. The van der Waals surface area contributed by atoms with Gasteiger partial charge >= 0.3 is 0 Å². The van der Waals surface area contributed by atoms with Crippen LogP contribution in [0.1, 0.15) is 57.4 Å². The summed E-state index contributed by atoms with van der Waals surface area (Å²) in [4.78, 5) is 0. The van der Waals surface area contributed by atoms with Gasteiger partial charge in [0.15, 0.2) is 0 Å². The summed E-state index contributed by atoms with van der Waals surface area (Å²) >= 11 is 0. The third-order valence-corrected chi connectivity index (χ3v) is 3.46. The Hall–Kier alpha value is -1.18. The van der Waals surface area contributed by atoms with Crippen LogP contribution >= 0.6 is 0 Å². The molecule has 0 amide bonds. The molecule has 102 valence electrons. The van der Waals surface area contributed by atoms with Crippen molar-refractivity contribution in [3.8, 4) is 11.5 Å². The van der Waals surface area contributed by atoms with Gasteiger partial charge in [-0.25, -0.2) is 0 Å². The number of hydrogen-bond acceptors (Lipinski definition) is 2. The largest absolute Gasteiger partial charge is 0.497 e. The van der Waals surface area contributed by atoms with Gasteiger partial charge in [-0.2, -0.15) is 0 Å². The fourth-order valence-corrected chi connectivity index (χ4v) is 2.26. The average Bonchev–Trinajstić information content (AvgIpc) is 2.42. The van der Waals surface area contributed by atoms with E-state index >= 15 is 0 Å². The van der Waals surface area contributed by atoms with Crippen molar-refractivity contribution >= 4 is 0 Å². The van der Waals surface area contributed by atoms with Crippen molar-refractivity contribution in [2.45, 2.75) is 51.9 Å². The first-order valence-corrected chi connectivity index (χ1v) is 6.94. The summed E-state index contributed by atoms with van der Waals surface area (Å²) in [5, 5.41) is 0. The fraction of sp³-hybridized carbons (Fsp3) is 0.625. The zero-order chi connectivity index (χ0) is 13.4. The minimum Gasteiger partial charge on any atom is -0.497 e. The molecule has 0 fully saturated rings. The summed E-state index contributed by atoms with van der Waals surface area (Å²) in [7, 11) is 3.41. The van der Waals surface area contributed by atoms with E-state index in [0.717, 1.165) is 11.5 Å². The molecule has 0 bridgehead atoms. The van der Waals surface area contributed by atoms with Crippen LogP contribution in [0.5, 0.6) is 11.5 Å². The summed E-state index contributed by atoms with van der Waals surface area (Å²) in [6.07, 6.45) is 6.49. The Kier molecular flexibility index (Phi) is 6.63. The molecule has 1 aromatic rings. The second-order valence-electron chi connectivity index (χ2n) is 4.86. The number of hydrogen-bond donors (Lipinski definition) is 0. The van der Waals surface area contributed by atoms with Gasteiger partial charge in [0, 0.05) is 6.07 Å². The second kappa shape index (κ2) is 8.02. The molecule has 0 aliphatic heterocycles. The van der Waals surface area contributed by atoms with E-state index < -0.39 is 0 Å². The van der Waals surface area contributed by atoms with E-state index in [-0.39, 0.29) is 0 Å². The number of rotatable bonds is 8. The van der Waals surface area contributed by atoms with Gasteiger partial charge in [0.25, 0.3) is 0 Å². The van der Waals surface area contributed by atoms with Gasteiger partial charge in [-0.15, -0.1) is 0 Å². The predicted octanol–water partition coefficient (Wildman–Crippen LogP) is 4.78. The maximum absolute atomic E-state index is 5.46. The van der Waals surface area contributed by atoms with Crippen LogP contribution < -0.4 is 9.47 Å². The van der Waals surface area contributed by atoms with Crippen LogP contribution in [0.15, 0.2) is 18.2 Å². The lowest BCUT2D eigenvalue weighted by atomic mass is 9.94. The van der Waals surface area contributed by atoms with Gasteiger partial charge in [-0.05, 0) is 24.0 Å². The lowest BCUT2D eigenvalue weighted by Crippen LogP contribution is -1.98. The third kappa shape index (κ3) is 4.25. The van der Waals surface area contributed by atoms with Crippen LogP contribution in [-0.4, -0.2) is 14.2 Å². The van der Waals surface area contributed by atoms with Crippen molar-refractivity contribution < 1.29 is 9.47 Å². The number of benzene rings is 1. The topological polar surface area (TPSA) is 18.5 Å². The van der Waals surface area contributed by atoms with Gasteiger partial charge in [0.1, 0.15) is 11.5 Å². The third-order valence-electron chi connectivity index (χ3n) is 3.46.